The van der Waals surface area contributed by atoms with Gasteiger partial charge in [0.2, 0.25) is 9.04 Å². The molecular formula is C19H22BrOSSi. The summed E-state index contributed by atoms with van der Waals surface area (Å²) in [5.74, 6) is 0. The van der Waals surface area contributed by atoms with Crippen molar-refractivity contribution in [1.82, 2.24) is 0 Å². The van der Waals surface area contributed by atoms with Crippen molar-refractivity contribution in [2.75, 3.05) is 0 Å². The highest BCUT2D eigenvalue weighted by atomic mass is 79.9. The number of halogens is 1. The van der Waals surface area contributed by atoms with Crippen LogP contribution in [0.3, 0.4) is 0 Å². The van der Waals surface area contributed by atoms with Crippen LogP contribution in [0.2, 0.25) is 13.1 Å². The third-order valence-electron chi connectivity index (χ3n) is 3.90. The van der Waals surface area contributed by atoms with Crippen LogP contribution >= 0.6 is 27.3 Å². The first-order valence-electron chi connectivity index (χ1n) is 7.85. The average Bonchev–Trinajstić information content (AvgIpc) is 2.80. The van der Waals surface area contributed by atoms with Gasteiger partial charge in [0.15, 0.2) is 0 Å². The van der Waals surface area contributed by atoms with Crippen molar-refractivity contribution in [2.45, 2.75) is 40.0 Å². The van der Waals surface area contributed by atoms with E-state index >= 15 is 0 Å². The Kier molecular flexibility index (Phi) is 4.71. The normalized spacial score (nSPS) is 14.0. The van der Waals surface area contributed by atoms with Crippen LogP contribution in [-0.2, 0) is 4.43 Å². The number of fused-ring (bicyclic) bond motifs is 3. The Morgan fingerprint density at radius 3 is 2.43 bits per heavy atom. The molecule has 1 atom stereocenters. The first-order valence-corrected chi connectivity index (χ1v) is 11.9. The van der Waals surface area contributed by atoms with Gasteiger partial charge in [0.05, 0.1) is 6.10 Å². The van der Waals surface area contributed by atoms with Gasteiger partial charge in [-0.15, -0.1) is 11.3 Å². The molecule has 1 aromatic heterocycles. The number of rotatable bonds is 3. The molecule has 0 fully saturated rings. The quantitative estimate of drug-likeness (QED) is 0.419. The fourth-order valence-corrected chi connectivity index (χ4v) is 5.76. The van der Waals surface area contributed by atoms with Gasteiger partial charge in [0.25, 0.3) is 0 Å². The molecule has 0 saturated carbocycles. The summed E-state index contributed by atoms with van der Waals surface area (Å²) in [4.78, 5) is 0. The zero-order chi connectivity index (χ0) is 16.8. The SMILES string of the molecule is C[Si](C)OC(c1cc(Br)cc2sc3ccccc3c12)C(C)(C)C. The van der Waals surface area contributed by atoms with Crippen molar-refractivity contribution in [3.63, 3.8) is 0 Å². The van der Waals surface area contributed by atoms with Gasteiger partial charge in [-0.25, -0.2) is 0 Å². The molecule has 1 radical (unpaired) electrons. The van der Waals surface area contributed by atoms with Crippen molar-refractivity contribution in [1.29, 1.82) is 0 Å². The predicted octanol–water partition coefficient (Wildman–Crippen LogP) is 7.17. The van der Waals surface area contributed by atoms with E-state index in [-0.39, 0.29) is 11.5 Å². The maximum Gasteiger partial charge on any atom is 0.205 e. The lowest BCUT2D eigenvalue weighted by molar-refractivity contribution is 0.0879. The Bertz CT molecular complexity index is 848. The summed E-state index contributed by atoms with van der Waals surface area (Å²) >= 11 is 5.56. The van der Waals surface area contributed by atoms with Crippen LogP contribution in [-0.4, -0.2) is 9.04 Å². The highest BCUT2D eigenvalue weighted by Gasteiger charge is 2.30. The van der Waals surface area contributed by atoms with Gasteiger partial charge in [0.1, 0.15) is 0 Å². The van der Waals surface area contributed by atoms with Gasteiger partial charge in [-0.1, -0.05) is 54.9 Å². The smallest absolute Gasteiger partial charge is 0.205 e. The summed E-state index contributed by atoms with van der Waals surface area (Å²) in [6.07, 6.45) is 0.101. The summed E-state index contributed by atoms with van der Waals surface area (Å²) in [7, 11) is -0.791. The van der Waals surface area contributed by atoms with Crippen molar-refractivity contribution >= 4 is 56.5 Å². The van der Waals surface area contributed by atoms with Gasteiger partial charge in [-0.05, 0) is 42.3 Å². The minimum Gasteiger partial charge on any atom is -0.410 e. The van der Waals surface area contributed by atoms with Crippen molar-refractivity contribution in [3.05, 3.63) is 46.4 Å². The maximum absolute atomic E-state index is 6.47. The number of hydrogen-bond acceptors (Lipinski definition) is 2. The van der Waals surface area contributed by atoms with Crippen molar-refractivity contribution in [2.24, 2.45) is 5.41 Å². The first kappa shape index (κ1) is 17.2. The Labute approximate surface area is 152 Å². The highest BCUT2D eigenvalue weighted by Crippen LogP contribution is 2.45. The van der Waals surface area contributed by atoms with E-state index in [1.54, 1.807) is 0 Å². The van der Waals surface area contributed by atoms with E-state index in [1.807, 2.05) is 11.3 Å². The average molecular weight is 406 g/mol. The van der Waals surface area contributed by atoms with Crippen LogP contribution in [0.25, 0.3) is 20.2 Å². The molecule has 1 heterocycles. The summed E-state index contributed by atoms with van der Waals surface area (Å²) in [5, 5.41) is 2.70. The topological polar surface area (TPSA) is 9.23 Å². The van der Waals surface area contributed by atoms with Crippen LogP contribution in [0.4, 0.5) is 0 Å². The van der Waals surface area contributed by atoms with Gasteiger partial charge in [-0.2, -0.15) is 0 Å². The van der Waals surface area contributed by atoms with Crippen LogP contribution in [0.15, 0.2) is 40.9 Å². The molecule has 0 aliphatic carbocycles. The van der Waals surface area contributed by atoms with Crippen LogP contribution in [0, 0.1) is 5.41 Å². The molecule has 0 aliphatic rings. The molecule has 0 bridgehead atoms. The van der Waals surface area contributed by atoms with E-state index in [1.165, 1.54) is 25.7 Å². The zero-order valence-electron chi connectivity index (χ0n) is 14.2. The molecule has 4 heteroatoms. The number of benzene rings is 2. The Hall–Kier alpha value is -0.683. The van der Waals surface area contributed by atoms with E-state index in [0.717, 1.165) is 4.47 Å². The number of thiophene rings is 1. The van der Waals surface area contributed by atoms with Crippen molar-refractivity contribution in [3.8, 4) is 0 Å². The lowest BCUT2D eigenvalue weighted by Crippen LogP contribution is -2.26. The summed E-state index contributed by atoms with van der Waals surface area (Å²) in [6.45, 7) is 11.2. The lowest BCUT2D eigenvalue weighted by atomic mass is 9.83. The van der Waals surface area contributed by atoms with E-state index in [9.17, 15) is 0 Å². The molecule has 0 N–H and O–H groups in total. The molecule has 1 unspecified atom stereocenters. The van der Waals surface area contributed by atoms with E-state index in [4.69, 9.17) is 4.43 Å². The molecule has 3 aromatic rings. The second-order valence-corrected chi connectivity index (χ2v) is 11.3. The zero-order valence-corrected chi connectivity index (χ0v) is 17.6. The first-order chi connectivity index (χ1) is 10.8. The molecule has 23 heavy (non-hydrogen) atoms. The third-order valence-corrected chi connectivity index (χ3v) is 6.18. The second-order valence-electron chi connectivity index (χ2n) is 7.24. The van der Waals surface area contributed by atoms with E-state index < -0.39 is 9.04 Å². The van der Waals surface area contributed by atoms with Gasteiger partial charge >= 0.3 is 0 Å². The fraction of sp³-hybridized carbons (Fsp3) is 0.368. The molecule has 0 aliphatic heterocycles. The number of hydrogen-bond donors (Lipinski definition) is 0. The van der Waals surface area contributed by atoms with E-state index in [0.29, 0.717) is 0 Å². The highest BCUT2D eigenvalue weighted by molar-refractivity contribution is 9.10. The maximum atomic E-state index is 6.47. The van der Waals surface area contributed by atoms with Gasteiger partial charge in [0, 0.05) is 24.6 Å². The Balaban J connectivity index is 2.33. The second kappa shape index (κ2) is 6.32. The standard InChI is InChI=1S/C19H22BrOSSi/c1-19(2,3)18(21-23(4)5)14-10-12(20)11-16-17(14)13-8-6-7-9-15(13)22-16/h6-11,18H,1-5H3. The fourth-order valence-electron chi connectivity index (χ4n) is 3.00. The minimum atomic E-state index is -0.791. The molecule has 0 amide bonds. The Morgan fingerprint density at radius 2 is 1.78 bits per heavy atom. The monoisotopic (exact) mass is 405 g/mol. The van der Waals surface area contributed by atoms with Crippen LogP contribution in [0.5, 0.6) is 0 Å². The van der Waals surface area contributed by atoms with Gasteiger partial charge < -0.3 is 4.43 Å². The Morgan fingerprint density at radius 1 is 1.09 bits per heavy atom. The lowest BCUT2D eigenvalue weighted by Gasteiger charge is -2.33. The van der Waals surface area contributed by atoms with Crippen molar-refractivity contribution < 1.29 is 4.43 Å². The molecular weight excluding hydrogens is 384 g/mol. The minimum absolute atomic E-state index is 0.0543. The molecule has 0 saturated heterocycles. The summed E-state index contributed by atoms with van der Waals surface area (Å²) < 4.78 is 10.3. The van der Waals surface area contributed by atoms with Gasteiger partial charge in [-0.3, -0.25) is 0 Å². The molecule has 1 nitrogen and oxygen atoms in total. The molecule has 0 spiro atoms. The third kappa shape index (κ3) is 3.41. The largest absolute Gasteiger partial charge is 0.410 e. The van der Waals surface area contributed by atoms with E-state index in [2.05, 4.69) is 86.2 Å². The molecule has 121 valence electrons. The molecule has 2 aromatic carbocycles. The predicted molar refractivity (Wildman–Crippen MR) is 108 cm³/mol. The van der Waals surface area contributed by atoms with Crippen LogP contribution in [0.1, 0.15) is 32.4 Å². The van der Waals surface area contributed by atoms with Crippen LogP contribution < -0.4 is 0 Å². The summed E-state index contributed by atoms with van der Waals surface area (Å²) in [6, 6.07) is 13.2. The summed E-state index contributed by atoms with van der Waals surface area (Å²) in [5.41, 5.74) is 1.36. The molecule has 3 rings (SSSR count).